The number of nitrogens with zero attached hydrogens (tertiary/aromatic N) is 1. The van der Waals surface area contributed by atoms with E-state index in [1.54, 1.807) is 20.8 Å². The van der Waals surface area contributed by atoms with Gasteiger partial charge in [0.25, 0.3) is 0 Å². The maximum Gasteiger partial charge on any atom is 0.407 e. The Labute approximate surface area is 150 Å². The quantitative estimate of drug-likeness (QED) is 0.800. The van der Waals surface area contributed by atoms with Gasteiger partial charge in [0.1, 0.15) is 16.3 Å². The minimum Gasteiger partial charge on any atom is -0.444 e. The number of sulfonamides is 1. The van der Waals surface area contributed by atoms with Crippen molar-refractivity contribution >= 4 is 16.1 Å². The lowest BCUT2D eigenvalue weighted by molar-refractivity contribution is 0.0489. The van der Waals surface area contributed by atoms with E-state index in [9.17, 15) is 26.4 Å². The highest BCUT2D eigenvalue weighted by molar-refractivity contribution is 7.89. The van der Waals surface area contributed by atoms with Crippen molar-refractivity contribution in [2.24, 2.45) is 0 Å². The number of halogens is 3. The lowest BCUT2D eigenvalue weighted by atomic mass is 10.1. The second-order valence-electron chi connectivity index (χ2n) is 7.02. The van der Waals surface area contributed by atoms with Gasteiger partial charge in [0.15, 0.2) is 11.6 Å². The van der Waals surface area contributed by atoms with Gasteiger partial charge in [-0.1, -0.05) is 0 Å². The molecule has 1 fully saturated rings. The molecule has 0 aliphatic carbocycles. The van der Waals surface area contributed by atoms with Crippen LogP contribution in [-0.4, -0.2) is 43.5 Å². The summed E-state index contributed by atoms with van der Waals surface area (Å²) in [5.41, 5.74) is -0.654. The number of piperidine rings is 1. The second-order valence-corrected chi connectivity index (χ2v) is 8.93. The number of carbonyl (C=O) groups excluding carboxylic acids is 1. The van der Waals surface area contributed by atoms with E-state index in [1.807, 2.05) is 0 Å². The summed E-state index contributed by atoms with van der Waals surface area (Å²) >= 11 is 0. The van der Waals surface area contributed by atoms with Crippen molar-refractivity contribution in [2.75, 3.05) is 13.1 Å². The van der Waals surface area contributed by atoms with Gasteiger partial charge < -0.3 is 10.1 Å². The summed E-state index contributed by atoms with van der Waals surface area (Å²) in [6, 6.07) is 0.246. The normalized spacial score (nSPS) is 17.2. The minimum atomic E-state index is -4.30. The number of alkyl carbamates (subject to hydrolysis) is 1. The average Bonchev–Trinajstić information content (AvgIpc) is 2.49. The van der Waals surface area contributed by atoms with Crippen molar-refractivity contribution in [3.8, 4) is 0 Å². The lowest BCUT2D eigenvalue weighted by Gasteiger charge is -2.32. The fourth-order valence-corrected chi connectivity index (χ4v) is 4.08. The molecule has 2 rings (SSSR count). The van der Waals surface area contributed by atoms with Crippen LogP contribution in [0, 0.1) is 17.5 Å². The van der Waals surface area contributed by atoms with Gasteiger partial charge >= 0.3 is 6.09 Å². The van der Waals surface area contributed by atoms with E-state index in [-0.39, 0.29) is 38.0 Å². The highest BCUT2D eigenvalue weighted by atomic mass is 32.2. The topological polar surface area (TPSA) is 75.7 Å². The fraction of sp³-hybridized carbons (Fsp3) is 0.562. The molecule has 0 unspecified atom stereocenters. The molecule has 10 heteroatoms. The second kappa shape index (κ2) is 7.43. The third-order valence-electron chi connectivity index (χ3n) is 3.77. The fourth-order valence-electron chi connectivity index (χ4n) is 2.56. The molecule has 0 radical (unpaired) electrons. The monoisotopic (exact) mass is 394 g/mol. The number of amides is 1. The van der Waals surface area contributed by atoms with Crippen LogP contribution in [-0.2, 0) is 14.8 Å². The number of hydrogen-bond acceptors (Lipinski definition) is 4. The standard InChI is InChI=1S/C16H21F3N2O4S/c1-16(2,3)25-15(22)20-10-4-6-21(7-5-10)26(23,24)14-9-12(18)11(17)8-13(14)19/h8-10H,4-7H2,1-3H3,(H,20,22). The molecule has 0 atom stereocenters. The maximum absolute atomic E-state index is 13.8. The van der Waals surface area contributed by atoms with E-state index in [0.29, 0.717) is 6.07 Å². The molecule has 6 nitrogen and oxygen atoms in total. The van der Waals surface area contributed by atoms with Gasteiger partial charge in [-0.25, -0.2) is 26.4 Å². The van der Waals surface area contributed by atoms with Crippen molar-refractivity contribution in [1.29, 1.82) is 0 Å². The Hall–Kier alpha value is -1.81. The molecule has 1 aromatic carbocycles. The molecule has 1 amide bonds. The predicted molar refractivity (Wildman–Crippen MR) is 87.5 cm³/mol. The first-order valence-electron chi connectivity index (χ1n) is 8.04. The maximum atomic E-state index is 13.8. The number of benzene rings is 1. The van der Waals surface area contributed by atoms with Crippen LogP contribution in [0.15, 0.2) is 17.0 Å². The molecule has 1 N–H and O–H groups in total. The highest BCUT2D eigenvalue weighted by Crippen LogP contribution is 2.25. The Morgan fingerprint density at radius 1 is 1.12 bits per heavy atom. The molecule has 1 aliphatic rings. The van der Waals surface area contributed by atoms with Crippen LogP contribution in [0.5, 0.6) is 0 Å². The van der Waals surface area contributed by atoms with Crippen LogP contribution in [0.1, 0.15) is 33.6 Å². The summed E-state index contributed by atoms with van der Waals surface area (Å²) in [5.74, 6) is -4.24. The van der Waals surface area contributed by atoms with Crippen molar-refractivity contribution < 1.29 is 31.1 Å². The Kier molecular flexibility index (Phi) is 5.86. The zero-order chi connectivity index (χ0) is 19.7. The minimum absolute atomic E-state index is 0.00122. The van der Waals surface area contributed by atoms with Gasteiger partial charge in [-0.3, -0.25) is 0 Å². The molecule has 0 bridgehead atoms. The predicted octanol–water partition coefficient (Wildman–Crippen LogP) is 2.78. The van der Waals surface area contributed by atoms with Crippen LogP contribution in [0.2, 0.25) is 0 Å². The van der Waals surface area contributed by atoms with Gasteiger partial charge in [-0.15, -0.1) is 0 Å². The van der Waals surface area contributed by atoms with Gasteiger partial charge in [0.05, 0.1) is 0 Å². The molecular formula is C16H21F3N2O4S. The number of nitrogens with one attached hydrogen (secondary N) is 1. The first-order chi connectivity index (χ1) is 11.9. The summed E-state index contributed by atoms with van der Waals surface area (Å²) in [4.78, 5) is 10.8. The lowest BCUT2D eigenvalue weighted by Crippen LogP contribution is -2.47. The molecule has 1 aromatic rings. The molecule has 0 aromatic heterocycles. The molecule has 1 aliphatic heterocycles. The van der Waals surface area contributed by atoms with E-state index < -0.39 is 44.1 Å². The SMILES string of the molecule is CC(C)(C)OC(=O)NC1CCN(S(=O)(=O)c2cc(F)c(F)cc2F)CC1. The zero-order valence-electron chi connectivity index (χ0n) is 14.7. The summed E-state index contributed by atoms with van der Waals surface area (Å²) < 4.78 is 71.2. The van der Waals surface area contributed by atoms with Gasteiger partial charge in [-0.2, -0.15) is 4.31 Å². The molecule has 0 spiro atoms. The summed E-state index contributed by atoms with van der Waals surface area (Å²) in [7, 11) is -4.30. The first kappa shape index (κ1) is 20.5. The van der Waals surface area contributed by atoms with Gasteiger partial charge in [-0.05, 0) is 39.7 Å². The van der Waals surface area contributed by atoms with E-state index in [4.69, 9.17) is 4.74 Å². The van der Waals surface area contributed by atoms with Crippen molar-refractivity contribution in [1.82, 2.24) is 9.62 Å². The Morgan fingerprint density at radius 2 is 1.65 bits per heavy atom. The van der Waals surface area contributed by atoms with E-state index in [2.05, 4.69) is 5.32 Å². The molecule has 146 valence electrons. The summed E-state index contributed by atoms with van der Waals surface area (Å²) in [5, 5.41) is 2.65. The smallest absolute Gasteiger partial charge is 0.407 e. The molecule has 0 saturated carbocycles. The molecular weight excluding hydrogens is 373 g/mol. The molecule has 1 saturated heterocycles. The first-order valence-corrected chi connectivity index (χ1v) is 9.48. The zero-order valence-corrected chi connectivity index (χ0v) is 15.5. The third-order valence-corrected chi connectivity index (χ3v) is 5.68. The molecule has 26 heavy (non-hydrogen) atoms. The Morgan fingerprint density at radius 3 is 2.19 bits per heavy atom. The van der Waals surface area contributed by atoms with Crippen LogP contribution < -0.4 is 5.32 Å². The number of rotatable bonds is 3. The summed E-state index contributed by atoms with van der Waals surface area (Å²) in [6.45, 7) is 5.16. The van der Waals surface area contributed by atoms with E-state index >= 15 is 0 Å². The van der Waals surface area contributed by atoms with Crippen LogP contribution in [0.4, 0.5) is 18.0 Å². The molecule has 1 heterocycles. The van der Waals surface area contributed by atoms with Crippen molar-refractivity contribution in [2.45, 2.75) is 50.2 Å². The van der Waals surface area contributed by atoms with Crippen molar-refractivity contribution in [3.63, 3.8) is 0 Å². The van der Waals surface area contributed by atoms with Crippen LogP contribution in [0.25, 0.3) is 0 Å². The van der Waals surface area contributed by atoms with E-state index in [1.165, 1.54) is 0 Å². The number of ether oxygens (including phenoxy) is 1. The Balaban J connectivity index is 2.03. The van der Waals surface area contributed by atoms with E-state index in [0.717, 1.165) is 4.31 Å². The van der Waals surface area contributed by atoms with Gasteiger partial charge in [0.2, 0.25) is 10.0 Å². The average molecular weight is 394 g/mol. The number of carbonyl (C=O) groups is 1. The third kappa shape index (κ3) is 4.88. The Bertz CT molecular complexity index is 785. The highest BCUT2D eigenvalue weighted by Gasteiger charge is 2.33. The van der Waals surface area contributed by atoms with Crippen LogP contribution in [0.3, 0.4) is 0 Å². The summed E-state index contributed by atoms with van der Waals surface area (Å²) in [6.07, 6.45) is -0.0430. The largest absolute Gasteiger partial charge is 0.444 e. The van der Waals surface area contributed by atoms with Crippen LogP contribution >= 0.6 is 0 Å². The van der Waals surface area contributed by atoms with Crippen molar-refractivity contribution in [3.05, 3.63) is 29.6 Å². The van der Waals surface area contributed by atoms with Gasteiger partial charge in [0, 0.05) is 25.2 Å². The number of hydrogen-bond donors (Lipinski definition) is 1.